The standard InChI is InChI=1S/C36H48N6O6.C33H44N6O6.C29H38N6O5.2C4H10/c1-22(2)31-32(44)38-29(21-30(43)41-17-7-6-8-18-41)33(45)42-19-9-10-27(40-42)34(46)48-23(3)26-14-13-25-12-11-24(20-28(25)37-26)15-16-36(4,5)35(47)39-31;1-19(2)28-29(41)35-26(18-27(40)38(6)7)30(42)39-16-8-9-24(37-39)31(43)45-20(3)23-13-12-22-11-10-21(17-25(22)34-23)14-15-33(4,5)32(44)36-28;1-16(2)23-25(36)31-17(3)26(37)35-13-7-8-21(34-35)27(38)40-18(4)24-30-15-20-10-9-19(14-22(20)32-24)11-12-29(5,6)28(39)33-23;2*1-3-4-2/h11-16,20,22-23,27,29,31,40H,6-10,17-19,21H2,1-5H3,(H,38,44)(H,39,47);10-15,17,19-20,24,26,28,37H,8-9,16,18H2,1-7H3,(H,35,41)(H,36,44);9-12,14-18,21,23,34H,7-8,13H2,1-6H3,(H,31,36)(H,33,39);2*3-4H2,1-2H3/b16-15+;15-14+;12-11+;;/t23-,27?,29+,31+;20-,24?,26+,28+;17-,18?,21?,23-;;/m110../s1. The van der Waals surface area contributed by atoms with E-state index in [4.69, 9.17) is 24.2 Å². The molecule has 4 saturated heterocycles. The number of aromatic nitrogens is 4. The molecule has 15 bridgehead atoms. The van der Waals surface area contributed by atoms with Crippen LogP contribution in [0.25, 0.3) is 50.9 Å². The molecule has 35 heteroatoms. The SMILES string of the molecule is CC(C)[C@@H]1NC(=O)C(C)(C)/C=C/c2ccc3ccc(nc3c2)[C@@H](C)OC(=O)C2CCCN(N2)C(=O)[C@H](CC(=O)N(C)C)NC1=O.CC(C)[C@@H]1NC(=O)C(C)(C)/C=C/c2ccc3ccc(nc3c2)[C@@H](C)OC(=O)C2CCCN(N2)C(=O)[C@H](CC(=O)N2CCCCC2)NC1=O.CC1OC(=O)C2CCCN(N2)C(=O)[C@H](C)NC(=O)[C@H](C(C)C)NC(=O)C(C)(C)/C=C/c2ccc3cnc1nc3c2.CCCC.CCCC. The number of nitrogens with one attached hydrogen (secondary N) is 9. The Hall–Kier alpha value is -12.5. The van der Waals surface area contributed by atoms with Crippen LogP contribution in [0.15, 0.2) is 103 Å². The van der Waals surface area contributed by atoms with Gasteiger partial charge >= 0.3 is 17.9 Å². The average molecular weight is 1950 g/mol. The van der Waals surface area contributed by atoms with Gasteiger partial charge in [-0.2, -0.15) is 0 Å². The monoisotopic (exact) mass is 1950 g/mol. The van der Waals surface area contributed by atoms with Crippen LogP contribution in [0.4, 0.5) is 0 Å². The Morgan fingerprint density at radius 3 is 1.12 bits per heavy atom. The summed E-state index contributed by atoms with van der Waals surface area (Å²) in [7, 11) is 3.12. The van der Waals surface area contributed by atoms with Gasteiger partial charge in [-0.3, -0.25) is 82.2 Å². The van der Waals surface area contributed by atoms with E-state index in [1.807, 2.05) is 125 Å². The van der Waals surface area contributed by atoms with Gasteiger partial charge < -0.3 is 55.9 Å². The van der Waals surface area contributed by atoms with Crippen molar-refractivity contribution in [2.24, 2.45) is 34.0 Å². The van der Waals surface area contributed by atoms with Crippen LogP contribution in [0, 0.1) is 34.0 Å². The zero-order valence-corrected chi connectivity index (χ0v) is 86.3. The molecule has 6 aromatic rings. The predicted octanol–water partition coefficient (Wildman–Crippen LogP) is 11.9. The van der Waals surface area contributed by atoms with Gasteiger partial charge in [0.25, 0.3) is 17.7 Å². The lowest BCUT2D eigenvalue weighted by atomic mass is 9.89. The van der Waals surface area contributed by atoms with Crippen molar-refractivity contribution in [1.82, 2.24) is 92.9 Å². The van der Waals surface area contributed by atoms with Gasteiger partial charge in [-0.15, -0.1) is 0 Å². The third-order valence-electron chi connectivity index (χ3n) is 25.9. The molecule has 0 aliphatic carbocycles. The molecule has 9 N–H and O–H groups in total. The van der Waals surface area contributed by atoms with E-state index in [9.17, 15) is 67.1 Å². The maximum Gasteiger partial charge on any atom is 0.325 e. The van der Waals surface area contributed by atoms with Gasteiger partial charge in [0, 0.05) is 69.2 Å². The molecular formula is C106H150N18O17. The van der Waals surface area contributed by atoms with E-state index in [0.717, 1.165) is 52.1 Å². The molecule has 10 heterocycles. The smallest absolute Gasteiger partial charge is 0.325 e. The Bertz CT molecular complexity index is 5540. The summed E-state index contributed by atoms with van der Waals surface area (Å²) in [6, 6.07) is 16.1. The largest absolute Gasteiger partial charge is 0.455 e. The average Bonchev–Trinajstić information content (AvgIpc) is 1.74. The number of pyridine rings is 2. The van der Waals surface area contributed by atoms with Gasteiger partial charge in [0.05, 0.1) is 57.0 Å². The number of carbonyl (C=O) groups excluding carboxylic acids is 14. The maximum absolute atomic E-state index is 14.0. The first kappa shape index (κ1) is 112. The van der Waals surface area contributed by atoms with Crippen LogP contribution in [-0.2, 0) is 81.3 Å². The number of carbonyl (C=O) groups is 14. The number of cyclic esters (lactones) is 3. The number of benzene rings is 3. The summed E-state index contributed by atoms with van der Waals surface area (Å²) in [5.41, 5.74) is 11.7. The van der Waals surface area contributed by atoms with E-state index in [1.165, 1.54) is 45.6 Å². The third-order valence-corrected chi connectivity index (χ3v) is 25.9. The molecule has 0 saturated carbocycles. The zero-order valence-electron chi connectivity index (χ0n) is 86.3. The van der Waals surface area contributed by atoms with Crippen LogP contribution in [0.1, 0.15) is 287 Å². The van der Waals surface area contributed by atoms with Crippen LogP contribution in [0.3, 0.4) is 0 Å². The highest BCUT2D eigenvalue weighted by Crippen LogP contribution is 2.32. The molecule has 766 valence electrons. The highest BCUT2D eigenvalue weighted by molar-refractivity contribution is 5.99. The second-order valence-corrected chi connectivity index (χ2v) is 40.3. The molecule has 13 rings (SSSR count). The van der Waals surface area contributed by atoms with Crippen LogP contribution in [0.2, 0.25) is 0 Å². The van der Waals surface area contributed by atoms with Crippen molar-refractivity contribution in [3.05, 3.63) is 137 Å². The van der Waals surface area contributed by atoms with Crippen molar-refractivity contribution >= 4 is 134 Å². The maximum atomic E-state index is 14.0. The Balaban J connectivity index is 0.000000228. The number of piperidine rings is 1. The van der Waals surface area contributed by atoms with Crippen LogP contribution < -0.4 is 48.2 Å². The Labute approximate surface area is 829 Å². The normalized spacial score (nSPS) is 25.3. The first-order valence-electron chi connectivity index (χ1n) is 50.0. The minimum absolute atomic E-state index is 0.226. The number of nitrogens with zero attached hydrogens (tertiary/aromatic N) is 9. The minimum atomic E-state index is -1.24. The second kappa shape index (κ2) is 51.3. The van der Waals surface area contributed by atoms with Gasteiger partial charge in [0.2, 0.25) is 47.3 Å². The highest BCUT2D eigenvalue weighted by Gasteiger charge is 2.43. The summed E-state index contributed by atoms with van der Waals surface area (Å²) >= 11 is 0. The van der Waals surface area contributed by atoms with Gasteiger partial charge in [-0.25, -0.2) is 36.2 Å². The fraction of sp³-hybridized carbons (Fsp3) is 0.566. The molecule has 12 atom stereocenters. The molecule has 7 aliphatic heterocycles. The van der Waals surface area contributed by atoms with Crippen molar-refractivity contribution in [3.8, 4) is 0 Å². The van der Waals surface area contributed by atoms with E-state index in [-0.39, 0.29) is 73.2 Å². The predicted molar refractivity (Wildman–Crippen MR) is 540 cm³/mol. The molecule has 3 aromatic carbocycles. The van der Waals surface area contributed by atoms with E-state index in [2.05, 4.69) is 85.8 Å². The number of amides is 11. The number of hydrogen-bond acceptors (Lipinski definition) is 24. The topological polar surface area (TPSA) is 443 Å². The van der Waals surface area contributed by atoms with E-state index in [0.29, 0.717) is 91.9 Å². The van der Waals surface area contributed by atoms with Gasteiger partial charge in [0.15, 0.2) is 11.9 Å². The first-order chi connectivity index (χ1) is 66.7. The third kappa shape index (κ3) is 31.2. The van der Waals surface area contributed by atoms with Gasteiger partial charge in [-0.05, 0) is 192 Å². The summed E-state index contributed by atoms with van der Waals surface area (Å²) in [6.07, 6.45) is 20.9. The molecule has 7 aliphatic rings. The molecule has 4 fully saturated rings. The summed E-state index contributed by atoms with van der Waals surface area (Å²) in [5.74, 6) is -6.88. The molecule has 4 unspecified atom stereocenters. The molecular weight excluding hydrogens is 1800 g/mol. The summed E-state index contributed by atoms with van der Waals surface area (Å²) in [5, 5.41) is 23.4. The van der Waals surface area contributed by atoms with Crippen LogP contribution in [-0.4, -0.2) is 229 Å². The summed E-state index contributed by atoms with van der Waals surface area (Å²) < 4.78 is 17.3. The zero-order chi connectivity index (χ0) is 104. The van der Waals surface area contributed by atoms with Crippen LogP contribution >= 0.6 is 0 Å². The Morgan fingerprint density at radius 1 is 0.411 bits per heavy atom. The highest BCUT2D eigenvalue weighted by atomic mass is 16.6. The molecule has 3 aromatic heterocycles. The van der Waals surface area contributed by atoms with Crippen molar-refractivity contribution in [2.75, 3.05) is 46.8 Å². The van der Waals surface area contributed by atoms with E-state index in [1.54, 1.807) is 127 Å². The van der Waals surface area contributed by atoms with Crippen molar-refractivity contribution < 1.29 is 81.3 Å². The van der Waals surface area contributed by atoms with Crippen molar-refractivity contribution in [2.45, 2.75) is 307 Å². The van der Waals surface area contributed by atoms with E-state index < -0.39 is 142 Å². The van der Waals surface area contributed by atoms with Gasteiger partial charge in [0.1, 0.15) is 66.6 Å². The Kier molecular flexibility index (Phi) is 40.8. The minimum Gasteiger partial charge on any atom is -0.455 e. The van der Waals surface area contributed by atoms with E-state index >= 15 is 0 Å². The lowest BCUT2D eigenvalue weighted by Gasteiger charge is -2.36. The quantitative estimate of drug-likeness (QED) is 0.0479. The Morgan fingerprint density at radius 2 is 0.752 bits per heavy atom. The molecule has 0 radical (unpaired) electrons. The molecule has 0 spiro atoms. The summed E-state index contributed by atoms with van der Waals surface area (Å²) in [6.45, 7) is 39.0. The van der Waals surface area contributed by atoms with Crippen molar-refractivity contribution in [1.29, 1.82) is 0 Å². The fourth-order valence-corrected chi connectivity index (χ4v) is 16.0. The molecule has 11 amide bonds. The number of rotatable bonds is 9. The molecule has 35 nitrogen and oxygen atoms in total. The molecule has 141 heavy (non-hydrogen) atoms. The fourth-order valence-electron chi connectivity index (χ4n) is 16.0. The lowest BCUT2D eigenvalue weighted by molar-refractivity contribution is -0.158. The van der Waals surface area contributed by atoms with Gasteiger partial charge in [-0.1, -0.05) is 180 Å². The summed E-state index contributed by atoms with van der Waals surface area (Å²) in [4.78, 5) is 209. The number of likely N-dealkylation sites (tertiary alicyclic amines) is 1. The number of unbranched alkanes of at least 4 members (excludes halogenated alkanes) is 2. The number of fused-ring (bicyclic) bond motifs is 12. The number of esters is 3. The first-order valence-corrected chi connectivity index (χ1v) is 50.0. The second-order valence-electron chi connectivity index (χ2n) is 40.3. The lowest BCUT2D eigenvalue weighted by Crippen LogP contribution is -2.62. The number of hydrogen-bond donors (Lipinski definition) is 9. The number of hydrazine groups is 3. The van der Waals surface area contributed by atoms with Crippen molar-refractivity contribution in [3.63, 3.8) is 0 Å². The number of ether oxygens (including phenoxy) is 3. The van der Waals surface area contributed by atoms with Crippen LogP contribution in [0.5, 0.6) is 0 Å².